The van der Waals surface area contributed by atoms with E-state index in [1.165, 1.54) is 111 Å². The Morgan fingerprint density at radius 1 is 0.227 bits per heavy atom. The molecule has 0 unspecified atom stereocenters. The number of benzene rings is 11. The Balaban J connectivity index is 0.903. The highest BCUT2D eigenvalue weighted by Gasteiger charge is 2.56. The molecule has 11 aromatic carbocycles. The Hall–Kier alpha value is -8.78. The summed E-state index contributed by atoms with van der Waals surface area (Å²) in [6.07, 6.45) is 0. The SMILES string of the molecule is CC1(C)c2ccccc2-c2ccc(N(c3ccc(-c4ccc5c(c4)C4(c6ccccc6-5)c5ccccc5C(c5ccccc5)(c5ccccc5)c5ccccc54)cc3)c3ccc4c(c3)C(C)(C)c3ccccc3-4)cc21. The molecule has 0 saturated carbocycles. The molecule has 0 aromatic heterocycles. The zero-order valence-electron chi connectivity index (χ0n) is 42.8. The molecule has 11 aromatic rings. The lowest BCUT2D eigenvalue weighted by Gasteiger charge is -2.50. The fourth-order valence-electron chi connectivity index (χ4n) is 14.7. The Bertz CT molecular complexity index is 3920. The second-order valence-corrected chi connectivity index (χ2v) is 22.3. The third-order valence-corrected chi connectivity index (χ3v) is 18.0. The Labute approximate surface area is 441 Å². The number of anilines is 3. The van der Waals surface area contributed by atoms with E-state index >= 15 is 0 Å². The van der Waals surface area contributed by atoms with E-state index in [2.05, 4.69) is 293 Å². The molecule has 356 valence electrons. The van der Waals surface area contributed by atoms with E-state index in [1.807, 2.05) is 0 Å². The molecule has 0 fully saturated rings. The molecule has 1 heteroatoms. The van der Waals surface area contributed by atoms with Crippen molar-refractivity contribution in [1.82, 2.24) is 0 Å². The normalized spacial score (nSPS) is 15.6. The van der Waals surface area contributed by atoms with Crippen LogP contribution >= 0.6 is 0 Å². The van der Waals surface area contributed by atoms with Gasteiger partial charge in [0, 0.05) is 27.9 Å². The molecular weight excluding hydrogens is 903 g/mol. The van der Waals surface area contributed by atoms with Crippen LogP contribution in [0.15, 0.2) is 261 Å². The Morgan fingerprint density at radius 3 is 1.04 bits per heavy atom. The van der Waals surface area contributed by atoms with Crippen molar-refractivity contribution in [2.24, 2.45) is 0 Å². The van der Waals surface area contributed by atoms with Crippen LogP contribution in [0.3, 0.4) is 0 Å². The third kappa shape index (κ3) is 5.84. The van der Waals surface area contributed by atoms with Crippen molar-refractivity contribution in [3.63, 3.8) is 0 Å². The summed E-state index contributed by atoms with van der Waals surface area (Å²) in [5.41, 5.74) is 28.3. The summed E-state index contributed by atoms with van der Waals surface area (Å²) in [6, 6.07) is 99.0. The average Bonchev–Trinajstić information content (AvgIpc) is 4.00. The van der Waals surface area contributed by atoms with Gasteiger partial charge >= 0.3 is 0 Å². The van der Waals surface area contributed by atoms with Gasteiger partial charge in [-0.25, -0.2) is 0 Å². The predicted molar refractivity (Wildman–Crippen MR) is 311 cm³/mol. The molecule has 0 saturated heterocycles. The van der Waals surface area contributed by atoms with Crippen LogP contribution in [0.5, 0.6) is 0 Å². The number of hydrogen-bond donors (Lipinski definition) is 0. The fraction of sp³-hybridized carbons (Fsp3) is 0.108. The summed E-state index contributed by atoms with van der Waals surface area (Å²) >= 11 is 0. The highest BCUT2D eigenvalue weighted by atomic mass is 15.1. The summed E-state index contributed by atoms with van der Waals surface area (Å²) in [6.45, 7) is 9.51. The van der Waals surface area contributed by atoms with Crippen LogP contribution in [0.4, 0.5) is 17.1 Å². The second kappa shape index (κ2) is 15.9. The Kier molecular flexibility index (Phi) is 9.26. The molecule has 4 aliphatic rings. The van der Waals surface area contributed by atoms with Crippen LogP contribution in [0.2, 0.25) is 0 Å². The van der Waals surface area contributed by atoms with Crippen molar-refractivity contribution in [1.29, 1.82) is 0 Å². The zero-order valence-corrected chi connectivity index (χ0v) is 42.8. The van der Waals surface area contributed by atoms with E-state index < -0.39 is 10.8 Å². The molecule has 0 amide bonds. The molecule has 15 rings (SSSR count). The molecule has 0 radical (unpaired) electrons. The first-order valence-electron chi connectivity index (χ1n) is 26.7. The van der Waals surface area contributed by atoms with Crippen LogP contribution in [0.1, 0.15) is 94.5 Å². The third-order valence-electron chi connectivity index (χ3n) is 18.0. The van der Waals surface area contributed by atoms with Gasteiger partial charge in [-0.05, 0) is 154 Å². The van der Waals surface area contributed by atoms with Gasteiger partial charge < -0.3 is 4.90 Å². The smallest absolute Gasteiger partial charge is 0.0720 e. The van der Waals surface area contributed by atoms with Gasteiger partial charge in [0.15, 0.2) is 0 Å². The molecule has 1 nitrogen and oxygen atoms in total. The quantitative estimate of drug-likeness (QED) is 0.161. The van der Waals surface area contributed by atoms with Crippen molar-refractivity contribution in [3.05, 3.63) is 328 Å². The highest BCUT2D eigenvalue weighted by Crippen LogP contribution is 2.65. The molecule has 0 atom stereocenters. The minimum Gasteiger partial charge on any atom is -0.310 e. The maximum absolute atomic E-state index is 2.52. The first-order valence-corrected chi connectivity index (χ1v) is 26.7. The van der Waals surface area contributed by atoms with Crippen molar-refractivity contribution in [2.75, 3.05) is 4.90 Å². The van der Waals surface area contributed by atoms with Gasteiger partial charge in [-0.15, -0.1) is 0 Å². The van der Waals surface area contributed by atoms with Crippen LogP contribution in [0, 0.1) is 0 Å². The van der Waals surface area contributed by atoms with E-state index in [1.54, 1.807) is 0 Å². The van der Waals surface area contributed by atoms with Gasteiger partial charge in [0.05, 0.1) is 10.8 Å². The summed E-state index contributed by atoms with van der Waals surface area (Å²) in [5.74, 6) is 0. The van der Waals surface area contributed by atoms with E-state index in [0.29, 0.717) is 0 Å². The summed E-state index contributed by atoms with van der Waals surface area (Å²) in [7, 11) is 0. The van der Waals surface area contributed by atoms with E-state index in [4.69, 9.17) is 0 Å². The predicted octanol–water partition coefficient (Wildman–Crippen LogP) is 18.5. The van der Waals surface area contributed by atoms with Crippen molar-refractivity contribution in [2.45, 2.75) is 49.4 Å². The second-order valence-electron chi connectivity index (χ2n) is 22.3. The van der Waals surface area contributed by atoms with Gasteiger partial charge in [0.2, 0.25) is 0 Å². The molecule has 0 N–H and O–H groups in total. The standard InChI is InChI=1S/C74H55N/c1-71(2)61-28-14-11-25-55(61)58-43-40-53(46-68(58)71)75(54-41-44-59-56-26-12-15-29-62(56)72(3,4)69(59)47-54)52-38-35-48(36-39-52)49-37-42-60-57-27-13-16-30-63(57)74(70(60)45-49)66-33-19-17-31-64(66)73(50-21-7-5-8-22-50,51-23-9-6-10-24-51)65-32-18-20-34-67(65)74/h5-47H,1-4H3. The Morgan fingerprint density at radius 2 is 0.560 bits per heavy atom. The summed E-state index contributed by atoms with van der Waals surface area (Å²) < 4.78 is 0. The first-order chi connectivity index (χ1) is 36.7. The van der Waals surface area contributed by atoms with Gasteiger partial charge in [-0.3, -0.25) is 0 Å². The molecular formula is C74H55N. The molecule has 0 bridgehead atoms. The lowest BCUT2D eigenvalue weighted by atomic mass is 9.51. The first kappa shape index (κ1) is 43.8. The highest BCUT2D eigenvalue weighted by molar-refractivity contribution is 5.93. The van der Waals surface area contributed by atoms with E-state index in [-0.39, 0.29) is 10.8 Å². The largest absolute Gasteiger partial charge is 0.310 e. The van der Waals surface area contributed by atoms with E-state index in [9.17, 15) is 0 Å². The topological polar surface area (TPSA) is 3.24 Å². The molecule has 75 heavy (non-hydrogen) atoms. The van der Waals surface area contributed by atoms with Crippen LogP contribution < -0.4 is 4.90 Å². The lowest BCUT2D eigenvalue weighted by Crippen LogP contribution is -2.44. The van der Waals surface area contributed by atoms with Crippen molar-refractivity contribution >= 4 is 17.1 Å². The molecule has 1 spiro atoms. The monoisotopic (exact) mass is 957 g/mol. The summed E-state index contributed by atoms with van der Waals surface area (Å²) in [5, 5.41) is 0. The fourth-order valence-corrected chi connectivity index (χ4v) is 14.7. The van der Waals surface area contributed by atoms with Crippen molar-refractivity contribution in [3.8, 4) is 44.5 Å². The number of fused-ring (bicyclic) bond motifs is 15. The maximum atomic E-state index is 2.52. The number of rotatable bonds is 6. The summed E-state index contributed by atoms with van der Waals surface area (Å²) in [4.78, 5) is 2.48. The van der Waals surface area contributed by atoms with Gasteiger partial charge in [-0.2, -0.15) is 0 Å². The maximum Gasteiger partial charge on any atom is 0.0720 e. The van der Waals surface area contributed by atoms with Gasteiger partial charge in [0.1, 0.15) is 0 Å². The number of hydrogen-bond acceptors (Lipinski definition) is 1. The van der Waals surface area contributed by atoms with Crippen LogP contribution in [0.25, 0.3) is 44.5 Å². The van der Waals surface area contributed by atoms with Gasteiger partial charge in [-0.1, -0.05) is 246 Å². The van der Waals surface area contributed by atoms with E-state index in [0.717, 1.165) is 17.1 Å². The average molecular weight is 958 g/mol. The molecule has 4 aliphatic carbocycles. The van der Waals surface area contributed by atoms with Crippen LogP contribution in [-0.4, -0.2) is 0 Å². The molecule has 0 aliphatic heterocycles. The molecule has 0 heterocycles. The minimum absolute atomic E-state index is 0.131. The minimum atomic E-state index is -0.569. The van der Waals surface area contributed by atoms with Crippen LogP contribution in [-0.2, 0) is 21.7 Å². The number of nitrogens with zero attached hydrogens (tertiary/aromatic N) is 1. The van der Waals surface area contributed by atoms with Crippen molar-refractivity contribution < 1.29 is 0 Å². The zero-order chi connectivity index (χ0) is 50.3. The van der Waals surface area contributed by atoms with Gasteiger partial charge in [0.25, 0.3) is 0 Å². The lowest BCUT2D eigenvalue weighted by molar-refractivity contribution is 0.624.